The highest BCUT2D eigenvalue weighted by Gasteiger charge is 2.19. The van der Waals surface area contributed by atoms with E-state index in [1.165, 1.54) is 0 Å². The zero-order chi connectivity index (χ0) is 17.4. The van der Waals surface area contributed by atoms with Gasteiger partial charge in [-0.25, -0.2) is 0 Å². The minimum Gasteiger partial charge on any atom is -0.479 e. The lowest BCUT2D eigenvalue weighted by Gasteiger charge is -2.21. The Morgan fingerprint density at radius 1 is 1.17 bits per heavy atom. The van der Waals surface area contributed by atoms with E-state index in [0.717, 1.165) is 12.2 Å². The predicted octanol–water partition coefficient (Wildman–Crippen LogP) is 3.75. The Bertz CT molecular complexity index is 649. The molecule has 0 aliphatic carbocycles. The summed E-state index contributed by atoms with van der Waals surface area (Å²) in [7, 11) is 2.00. The summed E-state index contributed by atoms with van der Waals surface area (Å²) >= 11 is 6.08. The molecule has 0 aliphatic rings. The Hall–Kier alpha value is -2.20. The van der Waals surface area contributed by atoms with Crippen LogP contribution in [0.4, 0.5) is 5.69 Å². The highest BCUT2D eigenvalue weighted by molar-refractivity contribution is 6.32. The van der Waals surface area contributed by atoms with Gasteiger partial charge in [-0.3, -0.25) is 4.79 Å². The second kappa shape index (κ2) is 9.18. The van der Waals surface area contributed by atoms with Gasteiger partial charge in [0.25, 0.3) is 5.91 Å². The number of nitrogens with zero attached hydrogens (tertiary/aromatic N) is 1. The van der Waals surface area contributed by atoms with E-state index in [9.17, 15) is 4.79 Å². The van der Waals surface area contributed by atoms with Gasteiger partial charge < -0.3 is 15.0 Å². The normalized spacial score (nSPS) is 11.6. The van der Waals surface area contributed by atoms with Crippen LogP contribution in [0.3, 0.4) is 0 Å². The molecule has 24 heavy (non-hydrogen) atoms. The molecule has 0 heterocycles. The molecule has 4 nitrogen and oxygen atoms in total. The molecule has 0 bridgehead atoms. The van der Waals surface area contributed by atoms with Crippen LogP contribution < -0.4 is 15.0 Å². The van der Waals surface area contributed by atoms with E-state index in [1.54, 1.807) is 12.1 Å². The lowest BCUT2D eigenvalue weighted by Crippen LogP contribution is -2.41. The van der Waals surface area contributed by atoms with Crippen LogP contribution in [0.2, 0.25) is 5.02 Å². The summed E-state index contributed by atoms with van der Waals surface area (Å²) < 4.78 is 5.74. The fourth-order valence-electron chi connectivity index (χ4n) is 2.29. The number of hydrogen-bond donors (Lipinski definition) is 1. The number of hydrogen-bond acceptors (Lipinski definition) is 3. The maximum atomic E-state index is 12.3. The summed E-state index contributed by atoms with van der Waals surface area (Å²) in [5.74, 6) is 0.404. The maximum absolute atomic E-state index is 12.3. The van der Waals surface area contributed by atoms with Gasteiger partial charge in [0.2, 0.25) is 0 Å². The fourth-order valence-corrected chi connectivity index (χ4v) is 2.47. The van der Waals surface area contributed by atoms with Crippen molar-refractivity contribution in [1.82, 2.24) is 5.32 Å². The van der Waals surface area contributed by atoms with Crippen LogP contribution in [0, 0.1) is 0 Å². The molecule has 0 aromatic heterocycles. The van der Waals surface area contributed by atoms with E-state index in [2.05, 4.69) is 10.2 Å². The van der Waals surface area contributed by atoms with Gasteiger partial charge in [-0.15, -0.1) is 0 Å². The molecular formula is C19H23ClN2O2. The highest BCUT2D eigenvalue weighted by Crippen LogP contribution is 2.24. The summed E-state index contributed by atoms with van der Waals surface area (Å²) in [6.07, 6.45) is 0.0258. The third kappa shape index (κ3) is 5.17. The van der Waals surface area contributed by atoms with E-state index in [0.29, 0.717) is 23.7 Å². The molecular weight excluding hydrogens is 324 g/mol. The topological polar surface area (TPSA) is 41.6 Å². The van der Waals surface area contributed by atoms with Crippen molar-refractivity contribution in [2.75, 3.05) is 25.0 Å². The lowest BCUT2D eigenvalue weighted by molar-refractivity contribution is -0.128. The van der Waals surface area contributed by atoms with E-state index in [4.69, 9.17) is 16.3 Å². The van der Waals surface area contributed by atoms with E-state index < -0.39 is 6.10 Å². The van der Waals surface area contributed by atoms with Crippen LogP contribution in [-0.2, 0) is 4.79 Å². The van der Waals surface area contributed by atoms with Gasteiger partial charge in [0.1, 0.15) is 5.75 Å². The average molecular weight is 347 g/mol. The first-order chi connectivity index (χ1) is 11.6. The number of benzene rings is 2. The minimum absolute atomic E-state index is 0.126. The van der Waals surface area contributed by atoms with E-state index in [-0.39, 0.29) is 5.91 Å². The van der Waals surface area contributed by atoms with E-state index >= 15 is 0 Å². The molecule has 128 valence electrons. The van der Waals surface area contributed by atoms with Crippen molar-refractivity contribution < 1.29 is 9.53 Å². The van der Waals surface area contributed by atoms with Crippen molar-refractivity contribution in [3.8, 4) is 5.75 Å². The van der Waals surface area contributed by atoms with Crippen molar-refractivity contribution >= 4 is 23.2 Å². The number of para-hydroxylation sites is 2. The van der Waals surface area contributed by atoms with Crippen LogP contribution in [0.5, 0.6) is 5.75 Å². The fraction of sp³-hybridized carbons (Fsp3) is 0.316. The molecule has 0 spiro atoms. The Kier molecular flexibility index (Phi) is 6.94. The van der Waals surface area contributed by atoms with Gasteiger partial charge in [0, 0.05) is 25.8 Å². The minimum atomic E-state index is -0.549. The number of anilines is 1. The third-order valence-electron chi connectivity index (χ3n) is 3.71. The Labute approximate surface area is 148 Å². The van der Waals surface area contributed by atoms with Gasteiger partial charge in [0.15, 0.2) is 6.10 Å². The first kappa shape index (κ1) is 18.1. The second-order valence-electron chi connectivity index (χ2n) is 5.49. The first-order valence-corrected chi connectivity index (χ1v) is 8.44. The van der Waals surface area contributed by atoms with E-state index in [1.807, 2.05) is 56.4 Å². The van der Waals surface area contributed by atoms with Gasteiger partial charge in [-0.05, 0) is 30.7 Å². The molecule has 1 N–H and O–H groups in total. The molecule has 0 saturated carbocycles. The summed E-state index contributed by atoms with van der Waals surface area (Å²) in [5, 5.41) is 3.43. The van der Waals surface area contributed by atoms with Crippen LogP contribution in [0.1, 0.15) is 13.3 Å². The number of carbonyl (C=O) groups is 1. The maximum Gasteiger partial charge on any atom is 0.261 e. The molecule has 0 fully saturated rings. The number of amides is 1. The zero-order valence-electron chi connectivity index (χ0n) is 14.0. The third-order valence-corrected chi connectivity index (χ3v) is 4.02. The van der Waals surface area contributed by atoms with Crippen molar-refractivity contribution in [3.05, 3.63) is 59.6 Å². The van der Waals surface area contributed by atoms with Crippen LogP contribution in [0.25, 0.3) is 0 Å². The van der Waals surface area contributed by atoms with Crippen molar-refractivity contribution in [2.45, 2.75) is 19.4 Å². The van der Waals surface area contributed by atoms with Crippen molar-refractivity contribution in [3.63, 3.8) is 0 Å². The quantitative estimate of drug-likeness (QED) is 0.791. The summed E-state index contributed by atoms with van der Waals surface area (Å²) in [4.78, 5) is 14.4. The molecule has 2 aromatic carbocycles. The Balaban J connectivity index is 1.83. The smallest absolute Gasteiger partial charge is 0.261 e. The summed E-state index contributed by atoms with van der Waals surface area (Å²) in [6, 6.07) is 17.2. The molecule has 0 radical (unpaired) electrons. The van der Waals surface area contributed by atoms with Gasteiger partial charge in [0.05, 0.1) is 5.02 Å². The Morgan fingerprint density at radius 3 is 2.50 bits per heavy atom. The van der Waals surface area contributed by atoms with Crippen LogP contribution in [-0.4, -0.2) is 32.1 Å². The molecule has 2 aromatic rings. The predicted molar refractivity (Wildman–Crippen MR) is 98.9 cm³/mol. The Morgan fingerprint density at radius 2 is 1.83 bits per heavy atom. The van der Waals surface area contributed by atoms with Gasteiger partial charge in [-0.1, -0.05) is 48.9 Å². The molecule has 0 unspecified atom stereocenters. The molecule has 2 rings (SSSR count). The molecule has 5 heteroatoms. The molecule has 1 atom stereocenters. The number of carbonyl (C=O) groups excluding carboxylic acids is 1. The largest absolute Gasteiger partial charge is 0.479 e. The molecule has 0 saturated heterocycles. The molecule has 0 aliphatic heterocycles. The standard InChI is InChI=1S/C19H23ClN2O2/c1-3-17(24-18-12-8-7-11-16(18)20)19(23)21-13-14-22(2)15-9-5-4-6-10-15/h4-12,17H,3,13-14H2,1-2H3,(H,21,23)/t17-/m0/s1. The monoisotopic (exact) mass is 346 g/mol. The lowest BCUT2D eigenvalue weighted by atomic mass is 10.2. The zero-order valence-corrected chi connectivity index (χ0v) is 14.8. The number of rotatable bonds is 8. The van der Waals surface area contributed by atoms with Crippen LogP contribution >= 0.6 is 11.6 Å². The number of nitrogens with one attached hydrogen (secondary N) is 1. The number of halogens is 1. The second-order valence-corrected chi connectivity index (χ2v) is 5.90. The molecule has 1 amide bonds. The van der Waals surface area contributed by atoms with Gasteiger partial charge in [-0.2, -0.15) is 0 Å². The summed E-state index contributed by atoms with van der Waals surface area (Å²) in [5.41, 5.74) is 1.12. The average Bonchev–Trinajstić information content (AvgIpc) is 2.61. The highest BCUT2D eigenvalue weighted by atomic mass is 35.5. The number of ether oxygens (including phenoxy) is 1. The van der Waals surface area contributed by atoms with Crippen LogP contribution in [0.15, 0.2) is 54.6 Å². The van der Waals surface area contributed by atoms with Gasteiger partial charge >= 0.3 is 0 Å². The summed E-state index contributed by atoms with van der Waals surface area (Å²) in [6.45, 7) is 3.18. The van der Waals surface area contributed by atoms with Crippen molar-refractivity contribution in [2.24, 2.45) is 0 Å². The first-order valence-electron chi connectivity index (χ1n) is 8.07. The van der Waals surface area contributed by atoms with Crippen molar-refractivity contribution in [1.29, 1.82) is 0 Å². The number of likely N-dealkylation sites (N-methyl/N-ethyl adjacent to an activating group) is 1. The SMILES string of the molecule is CC[C@H](Oc1ccccc1Cl)C(=O)NCCN(C)c1ccccc1.